The fourth-order valence-corrected chi connectivity index (χ4v) is 2.55. The van der Waals surface area contributed by atoms with E-state index >= 15 is 0 Å². The quantitative estimate of drug-likeness (QED) is 0.663. The maximum absolute atomic E-state index is 13.4. The van der Waals surface area contributed by atoms with Gasteiger partial charge in [0.15, 0.2) is 5.82 Å². The number of aliphatic hydroxyl groups excluding tert-OH is 2. The molecule has 3 N–H and O–H groups in total. The number of alkyl carbamates (subject to hydrolysis) is 1. The van der Waals surface area contributed by atoms with Crippen LogP contribution in [0, 0.1) is 5.82 Å². The average Bonchev–Trinajstić information content (AvgIpc) is 2.62. The molecule has 5 nitrogen and oxygen atoms in total. The molecule has 2 aromatic carbocycles. The lowest BCUT2D eigenvalue weighted by Crippen LogP contribution is -2.35. The van der Waals surface area contributed by atoms with Crippen LogP contribution in [0.25, 0.3) is 0 Å². The molecule has 8 heteroatoms. The van der Waals surface area contributed by atoms with E-state index < -0.39 is 24.1 Å². The van der Waals surface area contributed by atoms with Crippen LogP contribution in [0.4, 0.5) is 9.18 Å². The van der Waals surface area contributed by atoms with Crippen LogP contribution in [0.15, 0.2) is 42.5 Å². The topological polar surface area (TPSA) is 78.8 Å². The first-order valence-corrected chi connectivity index (χ1v) is 8.09. The van der Waals surface area contributed by atoms with E-state index in [2.05, 4.69) is 5.32 Å². The Morgan fingerprint density at radius 2 is 1.76 bits per heavy atom. The van der Waals surface area contributed by atoms with Crippen molar-refractivity contribution in [3.8, 4) is 0 Å². The molecule has 0 bridgehead atoms. The number of ether oxygens (including phenoxy) is 1. The normalized spacial score (nSPS) is 13.2. The van der Waals surface area contributed by atoms with Crippen molar-refractivity contribution >= 4 is 29.3 Å². The minimum atomic E-state index is -1.41. The van der Waals surface area contributed by atoms with Crippen LogP contribution in [0.1, 0.15) is 17.2 Å². The molecule has 0 spiro atoms. The van der Waals surface area contributed by atoms with Crippen molar-refractivity contribution in [1.29, 1.82) is 0 Å². The molecule has 0 aliphatic carbocycles. The van der Waals surface area contributed by atoms with E-state index in [1.165, 1.54) is 0 Å². The predicted molar refractivity (Wildman–Crippen MR) is 92.0 cm³/mol. The van der Waals surface area contributed by atoms with Gasteiger partial charge in [0.05, 0.1) is 10.0 Å². The van der Waals surface area contributed by atoms with Gasteiger partial charge in [0.1, 0.15) is 18.8 Å². The van der Waals surface area contributed by atoms with Crippen molar-refractivity contribution in [2.75, 3.05) is 6.54 Å². The van der Waals surface area contributed by atoms with Crippen LogP contribution in [0.2, 0.25) is 10.0 Å². The minimum absolute atomic E-state index is 0.0779. The third-order valence-electron chi connectivity index (χ3n) is 3.38. The lowest BCUT2D eigenvalue weighted by molar-refractivity contribution is 0.0184. The van der Waals surface area contributed by atoms with Gasteiger partial charge in [-0.1, -0.05) is 53.5 Å². The molecular formula is C17H16Cl2FNO4. The van der Waals surface area contributed by atoms with Crippen molar-refractivity contribution in [2.24, 2.45) is 0 Å². The summed E-state index contributed by atoms with van der Waals surface area (Å²) in [6, 6.07) is 11.4. The summed E-state index contributed by atoms with van der Waals surface area (Å²) < 4.78 is 18.4. The molecule has 0 aromatic heterocycles. The number of hydrogen-bond acceptors (Lipinski definition) is 4. The van der Waals surface area contributed by atoms with Gasteiger partial charge in [-0.2, -0.15) is 0 Å². The van der Waals surface area contributed by atoms with Gasteiger partial charge in [-0.05, 0) is 23.3 Å². The molecule has 0 saturated heterocycles. The van der Waals surface area contributed by atoms with Gasteiger partial charge in [-0.3, -0.25) is 0 Å². The zero-order chi connectivity index (χ0) is 18.4. The number of amides is 1. The first-order chi connectivity index (χ1) is 11.9. The van der Waals surface area contributed by atoms with E-state index in [4.69, 9.17) is 27.9 Å². The standard InChI is InChI=1S/C17H16Cl2FNO4/c18-12-6-11(7-13(19)15(12)20)16(23)14(22)8-21-17(24)25-9-10-4-2-1-3-5-10/h1-7,14,16,22-23H,8-9H2,(H,21,24). The lowest BCUT2D eigenvalue weighted by atomic mass is 10.0. The first-order valence-electron chi connectivity index (χ1n) is 7.33. The molecule has 0 aliphatic rings. The molecule has 25 heavy (non-hydrogen) atoms. The zero-order valence-corrected chi connectivity index (χ0v) is 14.5. The van der Waals surface area contributed by atoms with Crippen LogP contribution in [-0.4, -0.2) is 29.0 Å². The second-order valence-corrected chi connectivity index (χ2v) is 6.07. The van der Waals surface area contributed by atoms with Crippen molar-refractivity contribution in [1.82, 2.24) is 5.32 Å². The Morgan fingerprint density at radius 3 is 2.36 bits per heavy atom. The molecule has 134 valence electrons. The first kappa shape index (κ1) is 19.5. The second-order valence-electron chi connectivity index (χ2n) is 5.25. The summed E-state index contributed by atoms with van der Waals surface area (Å²) in [6.07, 6.45) is -3.52. The molecule has 0 aliphatic heterocycles. The molecular weight excluding hydrogens is 372 g/mol. The van der Waals surface area contributed by atoms with E-state index in [0.717, 1.165) is 17.7 Å². The minimum Gasteiger partial charge on any atom is -0.445 e. The third kappa shape index (κ3) is 5.57. The van der Waals surface area contributed by atoms with Gasteiger partial charge in [-0.25, -0.2) is 9.18 Å². The Balaban J connectivity index is 1.84. The number of nitrogens with one attached hydrogen (secondary N) is 1. The molecule has 0 fully saturated rings. The smallest absolute Gasteiger partial charge is 0.407 e. The van der Waals surface area contributed by atoms with Crippen LogP contribution >= 0.6 is 23.2 Å². The Morgan fingerprint density at radius 1 is 1.16 bits per heavy atom. The highest BCUT2D eigenvalue weighted by atomic mass is 35.5. The SMILES string of the molecule is O=C(NCC(O)C(O)c1cc(Cl)c(F)c(Cl)c1)OCc1ccccc1. The van der Waals surface area contributed by atoms with E-state index in [9.17, 15) is 19.4 Å². The van der Waals surface area contributed by atoms with Crippen LogP contribution in [0.5, 0.6) is 0 Å². The van der Waals surface area contributed by atoms with Gasteiger partial charge >= 0.3 is 6.09 Å². The number of rotatable bonds is 6. The maximum Gasteiger partial charge on any atom is 0.407 e. The summed E-state index contributed by atoms with van der Waals surface area (Å²) >= 11 is 11.3. The average molecular weight is 388 g/mol. The maximum atomic E-state index is 13.4. The van der Waals surface area contributed by atoms with Gasteiger partial charge < -0.3 is 20.3 Å². The largest absolute Gasteiger partial charge is 0.445 e. The predicted octanol–water partition coefficient (Wildman–Crippen LogP) is 3.45. The Kier molecular flexibility index (Phi) is 7.01. The van der Waals surface area contributed by atoms with E-state index in [-0.39, 0.29) is 28.8 Å². The molecule has 0 radical (unpaired) electrons. The van der Waals surface area contributed by atoms with Gasteiger partial charge in [-0.15, -0.1) is 0 Å². The van der Waals surface area contributed by atoms with E-state index in [1.54, 1.807) is 12.1 Å². The summed E-state index contributed by atoms with van der Waals surface area (Å²) in [7, 11) is 0. The number of aliphatic hydroxyl groups is 2. The fraction of sp³-hybridized carbons (Fsp3) is 0.235. The molecule has 1 amide bonds. The number of carbonyl (C=O) groups is 1. The summed E-state index contributed by atoms with van der Waals surface area (Å²) in [4.78, 5) is 11.6. The van der Waals surface area contributed by atoms with Crippen LogP contribution in [0.3, 0.4) is 0 Å². The monoisotopic (exact) mass is 387 g/mol. The highest BCUT2D eigenvalue weighted by molar-refractivity contribution is 6.35. The van der Waals surface area contributed by atoms with Gasteiger partial charge in [0, 0.05) is 6.54 Å². The number of carbonyl (C=O) groups excluding carboxylic acids is 1. The zero-order valence-electron chi connectivity index (χ0n) is 13.0. The molecule has 2 aromatic rings. The van der Waals surface area contributed by atoms with Crippen molar-refractivity contribution < 1.29 is 24.1 Å². The summed E-state index contributed by atoms with van der Waals surface area (Å²) in [5.41, 5.74) is 0.942. The van der Waals surface area contributed by atoms with Crippen molar-refractivity contribution in [2.45, 2.75) is 18.8 Å². The molecule has 2 rings (SSSR count). The van der Waals surface area contributed by atoms with Gasteiger partial charge in [0.2, 0.25) is 0 Å². The molecule has 2 atom stereocenters. The number of benzene rings is 2. The highest BCUT2D eigenvalue weighted by Gasteiger charge is 2.21. The number of hydrogen-bond donors (Lipinski definition) is 3. The van der Waals surface area contributed by atoms with E-state index in [0.29, 0.717) is 0 Å². The lowest BCUT2D eigenvalue weighted by Gasteiger charge is -2.19. The number of halogens is 3. The van der Waals surface area contributed by atoms with Crippen molar-refractivity contribution in [3.63, 3.8) is 0 Å². The Bertz CT molecular complexity index is 707. The molecule has 0 saturated carbocycles. The second kappa shape index (κ2) is 9.01. The Hall–Kier alpha value is -1.86. The van der Waals surface area contributed by atoms with Crippen LogP contribution < -0.4 is 5.32 Å². The van der Waals surface area contributed by atoms with Gasteiger partial charge in [0.25, 0.3) is 0 Å². The van der Waals surface area contributed by atoms with Crippen molar-refractivity contribution in [3.05, 3.63) is 69.5 Å². The Labute approximate surface area is 153 Å². The van der Waals surface area contributed by atoms with Crippen LogP contribution in [-0.2, 0) is 11.3 Å². The summed E-state index contributed by atoms with van der Waals surface area (Å²) in [5.74, 6) is -0.809. The molecule has 2 unspecified atom stereocenters. The summed E-state index contributed by atoms with van der Waals surface area (Å²) in [6.45, 7) is -0.199. The third-order valence-corrected chi connectivity index (χ3v) is 3.93. The van der Waals surface area contributed by atoms with E-state index in [1.807, 2.05) is 18.2 Å². The molecule has 0 heterocycles. The summed E-state index contributed by atoms with van der Waals surface area (Å²) in [5, 5.41) is 21.8. The highest BCUT2D eigenvalue weighted by Crippen LogP contribution is 2.28. The fourth-order valence-electron chi connectivity index (χ4n) is 2.04.